The van der Waals surface area contributed by atoms with Crippen LogP contribution < -0.4 is 4.74 Å². The molecule has 2 aromatic rings. The van der Waals surface area contributed by atoms with Crippen molar-refractivity contribution in [1.29, 1.82) is 0 Å². The Balaban J connectivity index is 1.95. The second-order valence-electron chi connectivity index (χ2n) is 8.52. The molecular weight excluding hydrogens is 414 g/mol. The smallest absolute Gasteiger partial charge is 0.295 e. The molecule has 0 bridgehead atoms. The number of amides is 1. The zero-order valence-electron chi connectivity index (χ0n) is 20.0. The van der Waals surface area contributed by atoms with E-state index in [1.807, 2.05) is 31.2 Å². The molecule has 1 saturated heterocycles. The molecular formula is C28H35NO4. The Bertz CT molecular complexity index is 976. The third-order valence-electron chi connectivity index (χ3n) is 6.14. The summed E-state index contributed by atoms with van der Waals surface area (Å²) in [6.07, 6.45) is 5.86. The molecule has 1 heterocycles. The van der Waals surface area contributed by atoms with Gasteiger partial charge in [-0.3, -0.25) is 9.59 Å². The topological polar surface area (TPSA) is 66.8 Å². The maximum absolute atomic E-state index is 13.0. The number of nitrogens with zero attached hydrogens (tertiary/aromatic N) is 1. The fraction of sp³-hybridized carbons (Fsp3) is 0.429. The van der Waals surface area contributed by atoms with Gasteiger partial charge in [0.15, 0.2) is 0 Å². The maximum Gasteiger partial charge on any atom is 0.295 e. The SMILES string of the molecule is CCCCCOc1ccc(/C(O)=C2/C(=O)C(=O)N(CCCC)C2c2ccc(CC)cc2)cc1. The van der Waals surface area contributed by atoms with Gasteiger partial charge in [-0.05, 0) is 54.7 Å². The van der Waals surface area contributed by atoms with Crippen LogP contribution >= 0.6 is 0 Å². The standard InChI is InChI=1S/C28H35NO4/c1-4-7-9-19-33-23-16-14-22(15-17-23)26(30)24-25(21-12-10-20(6-3)11-13-21)29(18-8-5-2)28(32)27(24)31/h10-17,25,30H,4-9,18-19H2,1-3H3/b26-24-. The average molecular weight is 450 g/mol. The van der Waals surface area contributed by atoms with E-state index in [0.29, 0.717) is 18.7 Å². The quantitative estimate of drug-likeness (QED) is 0.197. The Morgan fingerprint density at radius 3 is 2.18 bits per heavy atom. The van der Waals surface area contributed by atoms with E-state index in [1.165, 1.54) is 5.56 Å². The number of likely N-dealkylation sites (tertiary alicyclic amines) is 1. The molecule has 0 spiro atoms. The number of aliphatic hydroxyl groups is 1. The van der Waals surface area contributed by atoms with Gasteiger partial charge in [0, 0.05) is 12.1 Å². The molecule has 1 N–H and O–H groups in total. The molecule has 2 aromatic carbocycles. The van der Waals surface area contributed by atoms with Gasteiger partial charge in [-0.15, -0.1) is 0 Å². The predicted molar refractivity (Wildman–Crippen MR) is 131 cm³/mol. The Morgan fingerprint density at radius 2 is 1.58 bits per heavy atom. The largest absolute Gasteiger partial charge is 0.507 e. The summed E-state index contributed by atoms with van der Waals surface area (Å²) >= 11 is 0. The Kier molecular flexibility index (Phi) is 8.70. The highest BCUT2D eigenvalue weighted by Crippen LogP contribution is 2.39. The Labute approximate surface area is 197 Å². The van der Waals surface area contributed by atoms with Gasteiger partial charge in [0.2, 0.25) is 0 Å². The third kappa shape index (κ3) is 5.65. The first-order valence-corrected chi connectivity index (χ1v) is 12.1. The molecule has 1 aliphatic heterocycles. The lowest BCUT2D eigenvalue weighted by atomic mass is 9.94. The van der Waals surface area contributed by atoms with Crippen LogP contribution in [0.1, 0.15) is 75.6 Å². The van der Waals surface area contributed by atoms with Gasteiger partial charge in [-0.1, -0.05) is 64.3 Å². The highest BCUT2D eigenvalue weighted by Gasteiger charge is 2.45. The molecule has 176 valence electrons. The van der Waals surface area contributed by atoms with Gasteiger partial charge in [0.05, 0.1) is 18.2 Å². The van der Waals surface area contributed by atoms with Crippen LogP contribution in [0.3, 0.4) is 0 Å². The fourth-order valence-corrected chi connectivity index (χ4v) is 4.13. The van der Waals surface area contributed by atoms with E-state index in [4.69, 9.17) is 4.74 Å². The highest BCUT2D eigenvalue weighted by molar-refractivity contribution is 6.46. The van der Waals surface area contributed by atoms with Crippen LogP contribution in [0.25, 0.3) is 5.76 Å². The van der Waals surface area contributed by atoms with Crippen LogP contribution in [0.4, 0.5) is 0 Å². The third-order valence-corrected chi connectivity index (χ3v) is 6.14. The monoisotopic (exact) mass is 449 g/mol. The zero-order chi connectivity index (χ0) is 23.8. The summed E-state index contributed by atoms with van der Waals surface area (Å²) in [6, 6.07) is 14.4. The number of benzene rings is 2. The van der Waals surface area contributed by atoms with Crippen molar-refractivity contribution in [2.24, 2.45) is 0 Å². The van der Waals surface area contributed by atoms with Crippen LogP contribution in [-0.2, 0) is 16.0 Å². The number of hydrogen-bond donors (Lipinski definition) is 1. The fourth-order valence-electron chi connectivity index (χ4n) is 4.13. The van der Waals surface area contributed by atoms with Crippen molar-refractivity contribution in [3.8, 4) is 5.75 Å². The first kappa shape index (κ1) is 24.6. The second kappa shape index (κ2) is 11.7. The lowest BCUT2D eigenvalue weighted by molar-refractivity contribution is -0.139. The van der Waals surface area contributed by atoms with Gasteiger partial charge < -0.3 is 14.7 Å². The van der Waals surface area contributed by atoms with E-state index < -0.39 is 17.7 Å². The van der Waals surface area contributed by atoms with Gasteiger partial charge >= 0.3 is 0 Å². The summed E-state index contributed by atoms with van der Waals surface area (Å²) in [7, 11) is 0. The molecule has 3 rings (SSSR count). The molecule has 5 heteroatoms. The van der Waals surface area contributed by atoms with E-state index >= 15 is 0 Å². The molecule has 5 nitrogen and oxygen atoms in total. The number of Topliss-reactive ketones (excluding diaryl/α,β-unsaturated/α-hetero) is 1. The number of rotatable bonds is 11. The van der Waals surface area contributed by atoms with Gasteiger partial charge in [0.1, 0.15) is 11.5 Å². The molecule has 0 aromatic heterocycles. The van der Waals surface area contributed by atoms with Crippen molar-refractivity contribution in [1.82, 2.24) is 4.90 Å². The number of unbranched alkanes of at least 4 members (excludes halogenated alkanes) is 3. The molecule has 1 atom stereocenters. The summed E-state index contributed by atoms with van der Waals surface area (Å²) in [6.45, 7) is 7.40. The number of carbonyl (C=O) groups excluding carboxylic acids is 2. The number of ether oxygens (including phenoxy) is 1. The summed E-state index contributed by atoms with van der Waals surface area (Å²) in [5.74, 6) is -0.606. The maximum atomic E-state index is 13.0. The minimum Gasteiger partial charge on any atom is -0.507 e. The molecule has 33 heavy (non-hydrogen) atoms. The molecule has 1 unspecified atom stereocenters. The van der Waals surface area contributed by atoms with Gasteiger partial charge in [-0.2, -0.15) is 0 Å². The normalized spacial score (nSPS) is 17.5. The lowest BCUT2D eigenvalue weighted by Gasteiger charge is -2.25. The molecule has 1 amide bonds. The van der Waals surface area contributed by atoms with Crippen molar-refractivity contribution < 1.29 is 19.4 Å². The summed E-state index contributed by atoms with van der Waals surface area (Å²) in [4.78, 5) is 27.5. The Hall–Kier alpha value is -3.08. The molecule has 1 fully saturated rings. The Morgan fingerprint density at radius 1 is 0.909 bits per heavy atom. The number of aliphatic hydroxyl groups excluding tert-OH is 1. The minimum atomic E-state index is -0.631. The summed E-state index contributed by atoms with van der Waals surface area (Å²) in [5.41, 5.74) is 2.66. The van der Waals surface area contributed by atoms with Crippen LogP contribution in [0.5, 0.6) is 5.75 Å². The lowest BCUT2D eigenvalue weighted by Crippen LogP contribution is -2.30. The predicted octanol–water partition coefficient (Wildman–Crippen LogP) is 6.04. The van der Waals surface area contributed by atoms with Crippen molar-refractivity contribution in [3.63, 3.8) is 0 Å². The molecule has 0 radical (unpaired) electrons. The molecule has 0 saturated carbocycles. The number of carbonyl (C=O) groups is 2. The number of hydrogen-bond acceptors (Lipinski definition) is 4. The van der Waals surface area contributed by atoms with Crippen LogP contribution in [0, 0.1) is 0 Å². The average Bonchev–Trinajstić information content (AvgIpc) is 3.10. The van der Waals surface area contributed by atoms with Crippen molar-refractivity contribution in [3.05, 3.63) is 70.8 Å². The van der Waals surface area contributed by atoms with E-state index in [-0.39, 0.29) is 11.3 Å². The van der Waals surface area contributed by atoms with E-state index in [2.05, 4.69) is 13.8 Å². The van der Waals surface area contributed by atoms with Crippen molar-refractivity contribution in [2.45, 2.75) is 65.3 Å². The number of ketones is 1. The van der Waals surface area contributed by atoms with Crippen molar-refractivity contribution in [2.75, 3.05) is 13.2 Å². The van der Waals surface area contributed by atoms with E-state index in [9.17, 15) is 14.7 Å². The first-order valence-electron chi connectivity index (χ1n) is 12.1. The number of aryl methyl sites for hydroxylation is 1. The zero-order valence-corrected chi connectivity index (χ0v) is 20.0. The second-order valence-corrected chi connectivity index (χ2v) is 8.52. The van der Waals surface area contributed by atoms with E-state index in [0.717, 1.165) is 49.8 Å². The van der Waals surface area contributed by atoms with Crippen LogP contribution in [-0.4, -0.2) is 34.8 Å². The van der Waals surface area contributed by atoms with Crippen molar-refractivity contribution >= 4 is 17.4 Å². The molecule has 1 aliphatic rings. The first-order chi connectivity index (χ1) is 16.0. The minimum absolute atomic E-state index is 0.144. The molecule has 0 aliphatic carbocycles. The summed E-state index contributed by atoms with van der Waals surface area (Å²) in [5, 5.41) is 11.2. The van der Waals surface area contributed by atoms with Crippen LogP contribution in [0.15, 0.2) is 54.1 Å². The van der Waals surface area contributed by atoms with Crippen LogP contribution in [0.2, 0.25) is 0 Å². The van der Waals surface area contributed by atoms with Gasteiger partial charge in [0.25, 0.3) is 11.7 Å². The van der Waals surface area contributed by atoms with Gasteiger partial charge in [-0.25, -0.2) is 0 Å². The highest BCUT2D eigenvalue weighted by atomic mass is 16.5. The van der Waals surface area contributed by atoms with E-state index in [1.54, 1.807) is 29.2 Å². The summed E-state index contributed by atoms with van der Waals surface area (Å²) < 4.78 is 5.75.